The van der Waals surface area contributed by atoms with E-state index >= 15 is 0 Å². The van der Waals surface area contributed by atoms with Crippen LogP contribution in [0.2, 0.25) is 0 Å². The van der Waals surface area contributed by atoms with E-state index in [0.29, 0.717) is 17.5 Å². The summed E-state index contributed by atoms with van der Waals surface area (Å²) in [5.41, 5.74) is 2.42. The van der Waals surface area contributed by atoms with Gasteiger partial charge in [-0.2, -0.15) is 0 Å². The molecule has 2 aromatic rings. The van der Waals surface area contributed by atoms with Crippen molar-refractivity contribution in [3.63, 3.8) is 0 Å². The van der Waals surface area contributed by atoms with Crippen molar-refractivity contribution in [2.75, 3.05) is 6.61 Å². The second-order valence-electron chi connectivity index (χ2n) is 6.59. The van der Waals surface area contributed by atoms with Gasteiger partial charge in [-0.1, -0.05) is 47.0 Å². The van der Waals surface area contributed by atoms with Gasteiger partial charge in [0.15, 0.2) is 0 Å². The lowest BCUT2D eigenvalue weighted by Crippen LogP contribution is -2.32. The minimum absolute atomic E-state index is 0.0399. The molecule has 1 aliphatic rings. The third-order valence-electron chi connectivity index (χ3n) is 4.37. The zero-order chi connectivity index (χ0) is 19.4. The molecule has 0 aliphatic carbocycles. The Bertz CT molecular complexity index is 800. The molecule has 3 atom stereocenters. The van der Waals surface area contributed by atoms with Crippen molar-refractivity contribution in [3.05, 3.63) is 70.8 Å². The Labute approximate surface area is 163 Å². The summed E-state index contributed by atoms with van der Waals surface area (Å²) >= 11 is 6.05. The van der Waals surface area contributed by atoms with Gasteiger partial charge in [0.25, 0.3) is 0 Å². The largest absolute Gasteiger partial charge is 0.459 e. The van der Waals surface area contributed by atoms with Crippen molar-refractivity contribution in [2.24, 2.45) is 0 Å². The van der Waals surface area contributed by atoms with E-state index in [4.69, 9.17) is 25.8 Å². The molecule has 142 valence electrons. The average Bonchev–Trinajstić information content (AvgIpc) is 3.00. The number of aryl methyl sites for hydroxylation is 2. The lowest BCUT2D eigenvalue weighted by molar-refractivity contribution is -0.0322. The van der Waals surface area contributed by atoms with E-state index in [2.05, 4.69) is 0 Å². The van der Waals surface area contributed by atoms with Gasteiger partial charge in [-0.05, 0) is 38.1 Å². The van der Waals surface area contributed by atoms with Crippen LogP contribution in [-0.2, 0) is 14.2 Å². The Kier molecular flexibility index (Phi) is 6.14. The first-order valence-corrected chi connectivity index (χ1v) is 9.17. The predicted octanol–water partition coefficient (Wildman–Crippen LogP) is 4.04. The Morgan fingerprint density at radius 3 is 2.04 bits per heavy atom. The topological polar surface area (TPSA) is 61.8 Å². The minimum atomic E-state index is -0.601. The molecule has 0 N–H and O–H groups in total. The fourth-order valence-corrected chi connectivity index (χ4v) is 3.07. The van der Waals surface area contributed by atoms with Crippen molar-refractivity contribution in [1.29, 1.82) is 0 Å². The van der Waals surface area contributed by atoms with E-state index in [1.54, 1.807) is 24.3 Å². The number of hydrogen-bond acceptors (Lipinski definition) is 5. The number of esters is 2. The summed E-state index contributed by atoms with van der Waals surface area (Å²) in [4.78, 5) is 24.5. The summed E-state index contributed by atoms with van der Waals surface area (Å²) < 4.78 is 16.4. The maximum absolute atomic E-state index is 12.3. The molecule has 6 heteroatoms. The highest BCUT2D eigenvalue weighted by atomic mass is 35.5. The molecule has 5 nitrogen and oxygen atoms in total. The molecule has 0 saturated carbocycles. The van der Waals surface area contributed by atoms with Crippen LogP contribution < -0.4 is 0 Å². The molecule has 27 heavy (non-hydrogen) atoms. The number of carbonyl (C=O) groups is 2. The third kappa shape index (κ3) is 5.08. The minimum Gasteiger partial charge on any atom is -0.459 e. The molecule has 0 bridgehead atoms. The van der Waals surface area contributed by atoms with Crippen molar-refractivity contribution < 1.29 is 23.8 Å². The first-order chi connectivity index (χ1) is 12.9. The normalized spacial score (nSPS) is 21.7. The Hall–Kier alpha value is -2.37. The van der Waals surface area contributed by atoms with Gasteiger partial charge in [0.1, 0.15) is 24.4 Å². The molecule has 1 saturated heterocycles. The molecule has 1 fully saturated rings. The van der Waals surface area contributed by atoms with Crippen LogP contribution in [0.1, 0.15) is 38.3 Å². The van der Waals surface area contributed by atoms with Gasteiger partial charge >= 0.3 is 11.9 Å². The van der Waals surface area contributed by atoms with Gasteiger partial charge < -0.3 is 14.2 Å². The first kappa shape index (κ1) is 19.4. The maximum atomic E-state index is 12.3. The van der Waals surface area contributed by atoms with Crippen LogP contribution in [0.15, 0.2) is 48.5 Å². The van der Waals surface area contributed by atoms with Gasteiger partial charge in [-0.15, -0.1) is 0 Å². The van der Waals surface area contributed by atoms with Gasteiger partial charge in [0.2, 0.25) is 0 Å². The molecule has 2 aromatic carbocycles. The molecular weight excluding hydrogens is 368 g/mol. The van der Waals surface area contributed by atoms with Crippen LogP contribution >= 0.6 is 11.6 Å². The van der Waals surface area contributed by atoms with E-state index in [0.717, 1.165) is 11.1 Å². The molecule has 0 unspecified atom stereocenters. The summed E-state index contributed by atoms with van der Waals surface area (Å²) in [6.07, 6.45) is -0.838. The highest BCUT2D eigenvalue weighted by molar-refractivity contribution is 6.19. The highest BCUT2D eigenvalue weighted by Gasteiger charge is 2.38. The fraction of sp³-hybridized carbons (Fsp3) is 0.333. The molecular formula is C21H21ClO5. The van der Waals surface area contributed by atoms with Crippen molar-refractivity contribution in [1.82, 2.24) is 0 Å². The van der Waals surface area contributed by atoms with Crippen molar-refractivity contribution in [2.45, 2.75) is 38.0 Å². The van der Waals surface area contributed by atoms with E-state index in [1.807, 2.05) is 38.1 Å². The summed E-state index contributed by atoms with van der Waals surface area (Å²) in [5.74, 6) is -0.913. The predicted molar refractivity (Wildman–Crippen MR) is 101 cm³/mol. The summed E-state index contributed by atoms with van der Waals surface area (Å²) in [6.45, 7) is 3.84. The van der Waals surface area contributed by atoms with Crippen LogP contribution in [-0.4, -0.2) is 36.3 Å². The first-order valence-electron chi connectivity index (χ1n) is 8.73. The Morgan fingerprint density at radius 1 is 0.963 bits per heavy atom. The summed E-state index contributed by atoms with van der Waals surface area (Å²) in [6, 6.07) is 14.2. The van der Waals surface area contributed by atoms with E-state index in [-0.39, 0.29) is 6.61 Å². The monoisotopic (exact) mass is 388 g/mol. The Balaban J connectivity index is 1.58. The number of halogens is 1. The van der Waals surface area contributed by atoms with Crippen molar-refractivity contribution in [3.8, 4) is 0 Å². The van der Waals surface area contributed by atoms with Crippen LogP contribution in [0.25, 0.3) is 0 Å². The molecule has 0 aromatic heterocycles. The van der Waals surface area contributed by atoms with E-state index in [9.17, 15) is 9.59 Å². The second kappa shape index (κ2) is 8.55. The smallest absolute Gasteiger partial charge is 0.338 e. The molecule has 3 rings (SSSR count). The second-order valence-corrected chi connectivity index (χ2v) is 7.08. The molecule has 1 heterocycles. The lowest BCUT2D eigenvalue weighted by atomic mass is 10.1. The molecule has 0 amide bonds. The van der Waals surface area contributed by atoms with Crippen LogP contribution in [0.3, 0.4) is 0 Å². The van der Waals surface area contributed by atoms with E-state index < -0.39 is 29.7 Å². The number of benzene rings is 2. The maximum Gasteiger partial charge on any atom is 0.338 e. The average molecular weight is 389 g/mol. The lowest BCUT2D eigenvalue weighted by Gasteiger charge is -2.19. The van der Waals surface area contributed by atoms with Gasteiger partial charge in [0.05, 0.1) is 11.1 Å². The third-order valence-corrected chi connectivity index (χ3v) is 4.65. The number of ether oxygens (including phenoxy) is 3. The number of rotatable bonds is 5. The van der Waals surface area contributed by atoms with Gasteiger partial charge in [-0.25, -0.2) is 9.59 Å². The highest BCUT2D eigenvalue weighted by Crippen LogP contribution is 2.27. The summed E-state index contributed by atoms with van der Waals surface area (Å²) in [7, 11) is 0. The SMILES string of the molecule is Cc1ccc(C(=O)OC[C@H]2O[C@@H](Cl)C[C@@H]2OC(=O)c2ccc(C)cc2)cc1. The molecule has 0 radical (unpaired) electrons. The standard InChI is InChI=1S/C21H21ClO5/c1-13-3-7-15(8-4-13)20(23)25-12-18-17(11-19(22)26-18)27-21(24)16-9-5-14(2)6-10-16/h3-10,17-19H,11-12H2,1-2H3/t17-,18+,19+/m0/s1. The number of hydrogen-bond donors (Lipinski definition) is 0. The number of carbonyl (C=O) groups excluding carboxylic acids is 2. The van der Waals surface area contributed by atoms with Crippen LogP contribution in [0.5, 0.6) is 0 Å². The van der Waals surface area contributed by atoms with Crippen LogP contribution in [0, 0.1) is 13.8 Å². The fourth-order valence-electron chi connectivity index (χ4n) is 2.76. The molecule has 1 aliphatic heterocycles. The zero-order valence-corrected chi connectivity index (χ0v) is 15.9. The summed E-state index contributed by atoms with van der Waals surface area (Å²) in [5, 5.41) is 0. The van der Waals surface area contributed by atoms with Gasteiger partial charge in [0, 0.05) is 6.42 Å². The van der Waals surface area contributed by atoms with E-state index in [1.165, 1.54) is 0 Å². The molecule has 0 spiro atoms. The zero-order valence-electron chi connectivity index (χ0n) is 15.2. The van der Waals surface area contributed by atoms with Crippen LogP contribution in [0.4, 0.5) is 0 Å². The van der Waals surface area contributed by atoms with Crippen molar-refractivity contribution >= 4 is 23.5 Å². The number of alkyl halides is 1. The Morgan fingerprint density at radius 2 is 1.48 bits per heavy atom. The quantitative estimate of drug-likeness (QED) is 0.571. The van der Waals surface area contributed by atoms with Gasteiger partial charge in [-0.3, -0.25) is 0 Å².